The van der Waals surface area contributed by atoms with Gasteiger partial charge in [0.05, 0.1) is 6.10 Å². The highest BCUT2D eigenvalue weighted by molar-refractivity contribution is 5.64. The van der Waals surface area contributed by atoms with E-state index in [0.717, 1.165) is 18.8 Å². The van der Waals surface area contributed by atoms with Crippen LogP contribution in [0.25, 0.3) is 0 Å². The third-order valence-electron chi connectivity index (χ3n) is 10.2. The fourth-order valence-electron chi connectivity index (χ4n) is 8.78. The minimum Gasteiger partial charge on any atom is -0.550 e. The number of carbonyl (C=O) groups excluding carboxylic acids is 1. The number of aliphatic hydroxyl groups excluding tert-OH is 1. The first-order valence-corrected chi connectivity index (χ1v) is 11.7. The van der Waals surface area contributed by atoms with Gasteiger partial charge in [0.25, 0.3) is 0 Å². The Morgan fingerprint density at radius 2 is 1.81 bits per heavy atom. The topological polar surface area (TPSA) is 60.4 Å². The van der Waals surface area contributed by atoms with Gasteiger partial charge in [-0.1, -0.05) is 33.6 Å². The van der Waals surface area contributed by atoms with Crippen molar-refractivity contribution in [2.24, 2.45) is 46.3 Å². The fraction of sp³-hybridized carbons (Fsp3) is 0.958. The van der Waals surface area contributed by atoms with Crippen LogP contribution in [0, 0.1) is 46.3 Å². The van der Waals surface area contributed by atoms with Crippen LogP contribution in [0.1, 0.15) is 91.4 Å². The van der Waals surface area contributed by atoms with Crippen LogP contribution in [0.15, 0.2) is 0 Å². The first-order chi connectivity index (χ1) is 12.8. The molecule has 0 bridgehead atoms. The number of carboxylic acid groups (broad SMARTS) is 1. The summed E-state index contributed by atoms with van der Waals surface area (Å²) in [5, 5.41) is 22.2. The lowest BCUT2D eigenvalue weighted by Gasteiger charge is -2.62. The van der Waals surface area contributed by atoms with Crippen molar-refractivity contribution in [3.8, 4) is 0 Å². The maximum Gasteiger partial charge on any atom is 0.0577 e. The highest BCUT2D eigenvalue weighted by Crippen LogP contribution is 2.68. The lowest BCUT2D eigenvalue weighted by Crippen LogP contribution is -2.57. The first-order valence-electron chi connectivity index (χ1n) is 11.7. The zero-order chi connectivity index (χ0) is 19.4. The molecule has 154 valence electrons. The lowest BCUT2D eigenvalue weighted by atomic mass is 9.44. The third-order valence-corrected chi connectivity index (χ3v) is 10.2. The average molecular weight is 376 g/mol. The summed E-state index contributed by atoms with van der Waals surface area (Å²) in [6.45, 7) is 7.28. The van der Waals surface area contributed by atoms with E-state index in [9.17, 15) is 15.0 Å². The summed E-state index contributed by atoms with van der Waals surface area (Å²) in [4.78, 5) is 10.9. The van der Waals surface area contributed by atoms with Crippen LogP contribution in [-0.2, 0) is 4.79 Å². The molecule has 4 aliphatic carbocycles. The Kier molecular flexibility index (Phi) is 5.15. The molecule has 3 heteroatoms. The molecular formula is C24H39O3-. The number of carboxylic acids is 1. The van der Waals surface area contributed by atoms with Gasteiger partial charge in [-0.2, -0.15) is 0 Å². The normalized spacial score (nSPS) is 50.4. The monoisotopic (exact) mass is 375 g/mol. The number of rotatable bonds is 4. The number of hydrogen-bond donors (Lipinski definition) is 1. The summed E-state index contributed by atoms with van der Waals surface area (Å²) in [6.07, 6.45) is 12.2. The standard InChI is InChI=1S/C24H40O3/c1-15(7-10-21(26)27)17-8-9-18-22-19(11-13-24(17,18)3)23(2)12-5-4-6-16(23)14-20(22)25/h15-20,22,25H,4-14H2,1-3H3,(H,26,27)/p-1/t15-,16-,17+,18+,19+,20+,22+,23-,24+/m0/s1. The summed E-state index contributed by atoms with van der Waals surface area (Å²) in [7, 11) is 0. The number of aliphatic hydroxyl groups is 1. The van der Waals surface area contributed by atoms with Gasteiger partial charge in [-0.05, 0) is 104 Å². The molecule has 0 aromatic rings. The van der Waals surface area contributed by atoms with E-state index in [-0.39, 0.29) is 17.9 Å². The lowest BCUT2D eigenvalue weighted by molar-refractivity contribution is -0.306. The summed E-state index contributed by atoms with van der Waals surface area (Å²) in [5.41, 5.74) is 0.730. The van der Waals surface area contributed by atoms with E-state index >= 15 is 0 Å². The van der Waals surface area contributed by atoms with Gasteiger partial charge in [0.2, 0.25) is 0 Å². The van der Waals surface area contributed by atoms with Crippen LogP contribution in [0.5, 0.6) is 0 Å². The van der Waals surface area contributed by atoms with Crippen molar-refractivity contribution >= 4 is 5.97 Å². The van der Waals surface area contributed by atoms with E-state index in [1.165, 1.54) is 51.4 Å². The molecule has 27 heavy (non-hydrogen) atoms. The molecule has 0 heterocycles. The second kappa shape index (κ2) is 7.04. The van der Waals surface area contributed by atoms with Gasteiger partial charge in [0.1, 0.15) is 0 Å². The van der Waals surface area contributed by atoms with Crippen LogP contribution in [0.4, 0.5) is 0 Å². The summed E-state index contributed by atoms with van der Waals surface area (Å²) < 4.78 is 0. The van der Waals surface area contributed by atoms with E-state index in [1.54, 1.807) is 0 Å². The molecule has 3 nitrogen and oxygen atoms in total. The van der Waals surface area contributed by atoms with E-state index in [1.807, 2.05) is 0 Å². The average Bonchev–Trinajstić information content (AvgIpc) is 2.97. The molecule has 1 N–H and O–H groups in total. The number of hydrogen-bond acceptors (Lipinski definition) is 3. The SMILES string of the molecule is C[C@@H](CCC(=O)[O-])[C@H]1CC[C@@H]2[C@H]3[C@H](O)C[C@@H]4CCCC[C@]4(C)[C@@H]3CC[C@@]21C. The molecule has 0 aromatic carbocycles. The Morgan fingerprint density at radius 1 is 1.07 bits per heavy atom. The second-order valence-electron chi connectivity index (χ2n) is 11.2. The minimum atomic E-state index is -0.913. The second-order valence-corrected chi connectivity index (χ2v) is 11.2. The number of carbonyl (C=O) groups is 1. The molecule has 4 aliphatic rings. The van der Waals surface area contributed by atoms with Crippen LogP contribution in [-0.4, -0.2) is 17.2 Å². The molecule has 4 fully saturated rings. The maximum absolute atomic E-state index is 11.2. The molecule has 9 atom stereocenters. The third kappa shape index (κ3) is 3.07. The van der Waals surface area contributed by atoms with Crippen LogP contribution < -0.4 is 5.11 Å². The predicted octanol–water partition coefficient (Wildman–Crippen LogP) is 4.17. The fourth-order valence-corrected chi connectivity index (χ4v) is 8.78. The number of aliphatic carboxylic acids is 1. The van der Waals surface area contributed by atoms with Gasteiger partial charge in [0, 0.05) is 5.97 Å². The Bertz CT molecular complexity index is 574. The van der Waals surface area contributed by atoms with Gasteiger partial charge < -0.3 is 15.0 Å². The zero-order valence-corrected chi connectivity index (χ0v) is 17.6. The van der Waals surface area contributed by atoms with E-state index in [0.29, 0.717) is 35.0 Å². The molecule has 0 radical (unpaired) electrons. The largest absolute Gasteiger partial charge is 0.550 e. The van der Waals surface area contributed by atoms with Crippen LogP contribution in [0.3, 0.4) is 0 Å². The Balaban J connectivity index is 1.56. The van der Waals surface area contributed by atoms with E-state index in [2.05, 4.69) is 20.8 Å². The molecule has 0 spiro atoms. The van der Waals surface area contributed by atoms with Crippen molar-refractivity contribution in [2.45, 2.75) is 97.5 Å². The molecule has 0 aliphatic heterocycles. The number of fused-ring (bicyclic) bond motifs is 5. The van der Waals surface area contributed by atoms with Gasteiger partial charge >= 0.3 is 0 Å². The van der Waals surface area contributed by atoms with Crippen molar-refractivity contribution in [3.05, 3.63) is 0 Å². The Morgan fingerprint density at radius 3 is 2.56 bits per heavy atom. The van der Waals surface area contributed by atoms with Crippen molar-refractivity contribution in [2.75, 3.05) is 0 Å². The summed E-state index contributed by atoms with van der Waals surface area (Å²) >= 11 is 0. The predicted molar refractivity (Wildman–Crippen MR) is 105 cm³/mol. The molecular weight excluding hydrogens is 336 g/mol. The van der Waals surface area contributed by atoms with Crippen molar-refractivity contribution in [1.82, 2.24) is 0 Å². The molecule has 0 saturated heterocycles. The highest BCUT2D eigenvalue weighted by Gasteiger charge is 2.62. The quantitative estimate of drug-likeness (QED) is 0.802. The molecule has 4 saturated carbocycles. The van der Waals surface area contributed by atoms with Crippen molar-refractivity contribution in [3.63, 3.8) is 0 Å². The minimum absolute atomic E-state index is 0.118. The smallest absolute Gasteiger partial charge is 0.0577 e. The van der Waals surface area contributed by atoms with E-state index < -0.39 is 5.97 Å². The van der Waals surface area contributed by atoms with Crippen molar-refractivity contribution < 1.29 is 15.0 Å². The van der Waals surface area contributed by atoms with Gasteiger partial charge in [-0.3, -0.25) is 0 Å². The Labute approximate surface area is 165 Å². The molecule has 0 amide bonds. The van der Waals surface area contributed by atoms with E-state index in [4.69, 9.17) is 0 Å². The van der Waals surface area contributed by atoms with Crippen LogP contribution >= 0.6 is 0 Å². The summed E-state index contributed by atoms with van der Waals surface area (Å²) in [5.74, 6) is 2.65. The molecule has 0 unspecified atom stereocenters. The van der Waals surface area contributed by atoms with Gasteiger partial charge in [-0.25, -0.2) is 0 Å². The van der Waals surface area contributed by atoms with Gasteiger partial charge in [-0.15, -0.1) is 0 Å². The van der Waals surface area contributed by atoms with Crippen molar-refractivity contribution in [1.29, 1.82) is 0 Å². The molecule has 4 rings (SSSR count). The summed E-state index contributed by atoms with van der Waals surface area (Å²) in [6, 6.07) is 0. The highest BCUT2D eigenvalue weighted by atomic mass is 16.4. The zero-order valence-electron chi connectivity index (χ0n) is 17.6. The maximum atomic E-state index is 11.2. The Hall–Kier alpha value is -0.570. The van der Waals surface area contributed by atoms with Crippen LogP contribution in [0.2, 0.25) is 0 Å². The first kappa shape index (κ1) is 19.7. The van der Waals surface area contributed by atoms with Gasteiger partial charge in [0.15, 0.2) is 0 Å². The molecule has 0 aromatic heterocycles.